The molecule has 0 radical (unpaired) electrons. The molecule has 1 aliphatic heterocycles. The molecule has 8 heteroatoms. The zero-order chi connectivity index (χ0) is 20.8. The second-order valence-corrected chi connectivity index (χ2v) is 8.82. The van der Waals surface area contributed by atoms with Crippen LogP contribution >= 0.6 is 22.7 Å². The number of nitrogens with one attached hydrogen (secondary N) is 1. The quantitative estimate of drug-likeness (QED) is 0.538. The lowest BCUT2D eigenvalue weighted by Gasteiger charge is -2.36. The molecular weight excluding hydrogens is 416 g/mol. The lowest BCUT2D eigenvalue weighted by atomic mass is 10.2. The number of aromatic nitrogens is 1. The van der Waals surface area contributed by atoms with Crippen molar-refractivity contribution in [1.82, 2.24) is 15.2 Å². The van der Waals surface area contributed by atoms with Crippen molar-refractivity contribution in [3.05, 3.63) is 52.2 Å². The number of ether oxygens (including phenoxy) is 1. The second-order valence-electron chi connectivity index (χ2n) is 7.19. The Kier molecular flexibility index (Phi) is 6.99. The highest BCUT2D eigenvalue weighted by Crippen LogP contribution is 2.25. The third kappa shape index (κ3) is 5.19. The SMILES string of the molecule is COc1ccc(N2CCN(CCCNC(=O)c3csc(-c4ccsc4)n3)CC2)cc1. The number of rotatable bonds is 8. The lowest BCUT2D eigenvalue weighted by Crippen LogP contribution is -2.47. The Morgan fingerprint density at radius 2 is 1.93 bits per heavy atom. The van der Waals surface area contributed by atoms with E-state index in [9.17, 15) is 4.79 Å². The highest BCUT2D eigenvalue weighted by molar-refractivity contribution is 7.14. The van der Waals surface area contributed by atoms with E-state index in [1.807, 2.05) is 29.0 Å². The van der Waals surface area contributed by atoms with Crippen LogP contribution in [0, 0.1) is 0 Å². The van der Waals surface area contributed by atoms with Gasteiger partial charge >= 0.3 is 0 Å². The zero-order valence-corrected chi connectivity index (χ0v) is 18.7. The first-order chi connectivity index (χ1) is 14.7. The molecule has 0 bridgehead atoms. The van der Waals surface area contributed by atoms with E-state index in [0.29, 0.717) is 12.2 Å². The molecule has 30 heavy (non-hydrogen) atoms. The van der Waals surface area contributed by atoms with E-state index < -0.39 is 0 Å². The van der Waals surface area contributed by atoms with Crippen molar-refractivity contribution in [2.45, 2.75) is 6.42 Å². The molecule has 2 aromatic heterocycles. The molecule has 4 rings (SSSR count). The van der Waals surface area contributed by atoms with E-state index in [2.05, 4.69) is 37.6 Å². The first-order valence-corrected chi connectivity index (χ1v) is 11.9. The standard InChI is InChI=1S/C22H26N4O2S2/c1-28-19-5-3-18(4-6-19)26-12-10-25(11-13-26)9-2-8-23-21(27)20-16-30-22(24-20)17-7-14-29-15-17/h3-7,14-16H,2,8-13H2,1H3,(H,23,27). The normalized spacial score (nSPS) is 14.6. The molecule has 1 saturated heterocycles. The monoisotopic (exact) mass is 442 g/mol. The molecular formula is C22H26N4O2S2. The predicted octanol–water partition coefficient (Wildman–Crippen LogP) is 3.82. The number of nitrogens with zero attached hydrogens (tertiary/aromatic N) is 3. The van der Waals surface area contributed by atoms with Crippen LogP contribution in [0.4, 0.5) is 5.69 Å². The molecule has 1 aliphatic rings. The van der Waals surface area contributed by atoms with E-state index >= 15 is 0 Å². The van der Waals surface area contributed by atoms with Crippen LogP contribution in [0.5, 0.6) is 5.75 Å². The number of anilines is 1. The second kappa shape index (κ2) is 10.1. The van der Waals surface area contributed by atoms with Gasteiger partial charge in [0.25, 0.3) is 5.91 Å². The number of hydrogen-bond acceptors (Lipinski definition) is 7. The summed E-state index contributed by atoms with van der Waals surface area (Å²) in [6.07, 6.45) is 0.940. The number of carbonyl (C=O) groups excluding carboxylic acids is 1. The minimum atomic E-state index is -0.0861. The number of thiophene rings is 1. The summed E-state index contributed by atoms with van der Waals surface area (Å²) < 4.78 is 5.23. The van der Waals surface area contributed by atoms with Gasteiger partial charge in [0, 0.05) is 54.7 Å². The lowest BCUT2D eigenvalue weighted by molar-refractivity contribution is 0.0947. The summed E-state index contributed by atoms with van der Waals surface area (Å²) in [6, 6.07) is 10.3. The first-order valence-electron chi connectivity index (χ1n) is 10.1. The van der Waals surface area contributed by atoms with E-state index in [4.69, 9.17) is 4.74 Å². The Hall–Kier alpha value is -2.42. The molecule has 1 N–H and O–H groups in total. The van der Waals surface area contributed by atoms with Gasteiger partial charge in [0.1, 0.15) is 16.5 Å². The summed E-state index contributed by atoms with van der Waals surface area (Å²) in [7, 11) is 1.69. The fourth-order valence-corrected chi connectivity index (χ4v) is 5.03. The predicted molar refractivity (Wildman–Crippen MR) is 124 cm³/mol. The minimum absolute atomic E-state index is 0.0861. The molecule has 3 heterocycles. The van der Waals surface area contributed by atoms with E-state index in [0.717, 1.165) is 55.5 Å². The summed E-state index contributed by atoms with van der Waals surface area (Å²) >= 11 is 3.15. The van der Waals surface area contributed by atoms with Crippen molar-refractivity contribution in [3.8, 4) is 16.3 Å². The molecule has 1 amide bonds. The van der Waals surface area contributed by atoms with Crippen molar-refractivity contribution in [3.63, 3.8) is 0 Å². The van der Waals surface area contributed by atoms with Gasteiger partial charge in [-0.15, -0.1) is 11.3 Å². The zero-order valence-electron chi connectivity index (χ0n) is 17.0. The fourth-order valence-electron chi connectivity index (χ4n) is 3.51. The number of methoxy groups -OCH3 is 1. The van der Waals surface area contributed by atoms with Gasteiger partial charge in [-0.2, -0.15) is 11.3 Å². The Morgan fingerprint density at radius 3 is 2.63 bits per heavy atom. The van der Waals surface area contributed by atoms with Crippen LogP contribution in [0.3, 0.4) is 0 Å². The minimum Gasteiger partial charge on any atom is -0.497 e. The van der Waals surface area contributed by atoms with Gasteiger partial charge in [-0.1, -0.05) is 0 Å². The van der Waals surface area contributed by atoms with Gasteiger partial charge in [0.05, 0.1) is 7.11 Å². The van der Waals surface area contributed by atoms with Gasteiger partial charge in [-0.3, -0.25) is 9.69 Å². The number of amides is 1. The van der Waals surface area contributed by atoms with Crippen LogP contribution < -0.4 is 15.0 Å². The molecule has 0 saturated carbocycles. The average molecular weight is 443 g/mol. The third-order valence-electron chi connectivity index (χ3n) is 5.25. The fraction of sp³-hybridized carbons (Fsp3) is 0.364. The van der Waals surface area contributed by atoms with Crippen molar-refractivity contribution in [1.29, 1.82) is 0 Å². The highest BCUT2D eigenvalue weighted by Gasteiger charge is 2.17. The van der Waals surface area contributed by atoms with Gasteiger partial charge in [-0.25, -0.2) is 4.98 Å². The van der Waals surface area contributed by atoms with E-state index in [1.165, 1.54) is 17.0 Å². The van der Waals surface area contributed by atoms with Crippen molar-refractivity contribution in [2.24, 2.45) is 0 Å². The Balaban J connectivity index is 1.15. The van der Waals surface area contributed by atoms with E-state index in [1.54, 1.807) is 18.4 Å². The number of piperazine rings is 1. The maximum absolute atomic E-state index is 12.3. The highest BCUT2D eigenvalue weighted by atomic mass is 32.1. The summed E-state index contributed by atoms with van der Waals surface area (Å²) in [6.45, 7) is 5.77. The van der Waals surface area contributed by atoms with Gasteiger partial charge in [-0.05, 0) is 48.7 Å². The Labute approximate surface area is 185 Å². The van der Waals surface area contributed by atoms with Crippen LogP contribution in [-0.2, 0) is 0 Å². The molecule has 1 fully saturated rings. The number of hydrogen-bond donors (Lipinski definition) is 1. The maximum Gasteiger partial charge on any atom is 0.270 e. The number of benzene rings is 1. The van der Waals surface area contributed by atoms with Crippen molar-refractivity contribution < 1.29 is 9.53 Å². The number of carbonyl (C=O) groups is 1. The molecule has 6 nitrogen and oxygen atoms in total. The average Bonchev–Trinajstić information content (AvgIpc) is 3.49. The van der Waals surface area contributed by atoms with Crippen LogP contribution in [-0.4, -0.2) is 62.2 Å². The summed E-state index contributed by atoms with van der Waals surface area (Å²) in [4.78, 5) is 21.7. The van der Waals surface area contributed by atoms with Crippen LogP contribution in [0.15, 0.2) is 46.5 Å². The summed E-state index contributed by atoms with van der Waals surface area (Å²) in [5, 5.41) is 9.81. The van der Waals surface area contributed by atoms with Crippen molar-refractivity contribution >= 4 is 34.3 Å². The summed E-state index contributed by atoms with van der Waals surface area (Å²) in [5.41, 5.74) is 2.83. The largest absolute Gasteiger partial charge is 0.497 e. The molecule has 0 unspecified atom stereocenters. The molecule has 1 aromatic carbocycles. The first kappa shape index (κ1) is 20.8. The molecule has 158 valence electrons. The smallest absolute Gasteiger partial charge is 0.270 e. The molecule has 0 atom stereocenters. The van der Waals surface area contributed by atoms with Gasteiger partial charge in [0.2, 0.25) is 0 Å². The summed E-state index contributed by atoms with van der Waals surface area (Å²) in [5.74, 6) is 0.803. The van der Waals surface area contributed by atoms with Crippen molar-refractivity contribution in [2.75, 3.05) is 51.3 Å². The maximum atomic E-state index is 12.3. The third-order valence-corrected chi connectivity index (χ3v) is 6.83. The molecule has 0 aliphatic carbocycles. The van der Waals surface area contributed by atoms with Crippen LogP contribution in [0.2, 0.25) is 0 Å². The Morgan fingerprint density at radius 1 is 1.13 bits per heavy atom. The van der Waals surface area contributed by atoms with Gasteiger partial charge in [0.15, 0.2) is 0 Å². The van der Waals surface area contributed by atoms with Crippen LogP contribution in [0.25, 0.3) is 10.6 Å². The molecule has 3 aromatic rings. The topological polar surface area (TPSA) is 57.7 Å². The number of thiazole rings is 1. The van der Waals surface area contributed by atoms with Crippen LogP contribution in [0.1, 0.15) is 16.9 Å². The van der Waals surface area contributed by atoms with Gasteiger partial charge < -0.3 is 15.0 Å². The Bertz CT molecular complexity index is 932. The molecule has 0 spiro atoms. The van der Waals surface area contributed by atoms with E-state index in [-0.39, 0.29) is 5.91 Å².